The molecule has 0 aliphatic carbocycles. The minimum Gasteiger partial charge on any atom is -0.392 e. The number of esters is 2. The van der Waals surface area contributed by atoms with Crippen LogP contribution in [-0.4, -0.2) is 29.2 Å². The largest absolute Gasteiger partial charge is 0.392 e. The summed E-state index contributed by atoms with van der Waals surface area (Å²) in [5.41, 5.74) is 5.42. The number of ether oxygens (including phenoxy) is 1. The molecule has 0 aromatic carbocycles. The second-order valence-corrected chi connectivity index (χ2v) is 7.76. The molecule has 0 aliphatic heterocycles. The van der Waals surface area contributed by atoms with E-state index in [9.17, 15) is 14.7 Å². The Labute approximate surface area is 166 Å². The Bertz CT molecular complexity index is 371. The average molecular weight is 386 g/mol. The summed E-state index contributed by atoms with van der Waals surface area (Å²) in [4.78, 5) is 23.0. The Morgan fingerprint density at radius 1 is 0.778 bits per heavy atom. The molecule has 0 saturated carbocycles. The number of unbranched alkanes of at least 4 members (excludes halogenated alkanes) is 14. The molecule has 3 N–H and O–H groups in total. The number of carbonyl (C=O) groups is 2. The molecule has 0 aromatic rings. The van der Waals surface area contributed by atoms with Crippen molar-refractivity contribution in [3.63, 3.8) is 0 Å². The van der Waals surface area contributed by atoms with Crippen LogP contribution >= 0.6 is 0 Å². The van der Waals surface area contributed by atoms with Crippen molar-refractivity contribution in [2.24, 2.45) is 5.73 Å². The van der Waals surface area contributed by atoms with E-state index in [0.29, 0.717) is 0 Å². The molecule has 0 amide bonds. The Kier molecular flexibility index (Phi) is 17.8. The third kappa shape index (κ3) is 16.9. The molecule has 160 valence electrons. The lowest BCUT2D eigenvalue weighted by Gasteiger charge is -2.12. The number of carbonyl (C=O) groups excluding carboxylic acids is 2. The summed E-state index contributed by atoms with van der Waals surface area (Å²) in [5.74, 6) is -1.40. The van der Waals surface area contributed by atoms with Crippen molar-refractivity contribution < 1.29 is 19.4 Å². The summed E-state index contributed by atoms with van der Waals surface area (Å²) in [6, 6.07) is -1.16. The monoisotopic (exact) mass is 385 g/mol. The molecular formula is C22H43NO4. The molecule has 2 atom stereocenters. The summed E-state index contributed by atoms with van der Waals surface area (Å²) in [6.07, 6.45) is 18.2. The van der Waals surface area contributed by atoms with Gasteiger partial charge in [0, 0.05) is 6.42 Å². The second-order valence-electron chi connectivity index (χ2n) is 7.76. The van der Waals surface area contributed by atoms with Gasteiger partial charge in [0.2, 0.25) is 0 Å². The fraction of sp³-hybridized carbons (Fsp3) is 0.909. The highest BCUT2D eigenvalue weighted by atomic mass is 16.6. The fourth-order valence-electron chi connectivity index (χ4n) is 3.07. The van der Waals surface area contributed by atoms with Crippen LogP contribution in [0.1, 0.15) is 117 Å². The Morgan fingerprint density at radius 3 is 1.52 bits per heavy atom. The van der Waals surface area contributed by atoms with Gasteiger partial charge in [0.15, 0.2) is 0 Å². The van der Waals surface area contributed by atoms with Crippen LogP contribution in [0.25, 0.3) is 0 Å². The first kappa shape index (κ1) is 26.1. The number of hydrogen-bond donors (Lipinski definition) is 2. The first-order chi connectivity index (χ1) is 13.0. The van der Waals surface area contributed by atoms with Gasteiger partial charge in [-0.3, -0.25) is 4.79 Å². The Hall–Kier alpha value is -0.940. The standard InChI is InChI=1S/C22H43NO4/c1-3-4-5-6-7-8-9-10-11-12-13-14-15-16-17-18-20(25)27-22(26)21(23)19(2)24/h19,21,24H,3-18,23H2,1-2H3/t19-,21+/m1/s1. The summed E-state index contributed by atoms with van der Waals surface area (Å²) in [7, 11) is 0. The first-order valence-electron chi connectivity index (χ1n) is 11.2. The summed E-state index contributed by atoms with van der Waals surface area (Å²) >= 11 is 0. The van der Waals surface area contributed by atoms with Crippen molar-refractivity contribution in [1.82, 2.24) is 0 Å². The van der Waals surface area contributed by atoms with Gasteiger partial charge in [-0.2, -0.15) is 0 Å². The van der Waals surface area contributed by atoms with Gasteiger partial charge in [0.1, 0.15) is 6.04 Å². The molecule has 0 fully saturated rings. The topological polar surface area (TPSA) is 89.6 Å². The molecule has 0 heterocycles. The smallest absolute Gasteiger partial charge is 0.333 e. The molecule has 27 heavy (non-hydrogen) atoms. The molecule has 0 aromatic heterocycles. The van der Waals surface area contributed by atoms with Gasteiger partial charge in [-0.15, -0.1) is 0 Å². The molecule has 0 bridgehead atoms. The highest BCUT2D eigenvalue weighted by molar-refractivity contribution is 5.88. The zero-order valence-corrected chi connectivity index (χ0v) is 17.7. The van der Waals surface area contributed by atoms with Crippen LogP contribution in [0, 0.1) is 0 Å². The van der Waals surface area contributed by atoms with Crippen molar-refractivity contribution >= 4 is 11.9 Å². The highest BCUT2D eigenvalue weighted by Crippen LogP contribution is 2.13. The predicted octanol–water partition coefficient (Wildman–Crippen LogP) is 5.03. The van der Waals surface area contributed by atoms with Gasteiger partial charge in [-0.05, 0) is 13.3 Å². The maximum Gasteiger partial charge on any atom is 0.333 e. The molecule has 5 heteroatoms. The van der Waals surface area contributed by atoms with E-state index in [2.05, 4.69) is 11.7 Å². The van der Waals surface area contributed by atoms with Gasteiger partial charge in [0.25, 0.3) is 0 Å². The van der Waals surface area contributed by atoms with Crippen LogP contribution in [0.3, 0.4) is 0 Å². The van der Waals surface area contributed by atoms with Gasteiger partial charge in [-0.1, -0.05) is 96.8 Å². The minimum atomic E-state index is -1.16. The molecular weight excluding hydrogens is 342 g/mol. The lowest BCUT2D eigenvalue weighted by molar-refractivity contribution is -0.162. The molecule has 0 unspecified atom stereocenters. The van der Waals surface area contributed by atoms with Crippen molar-refractivity contribution in [2.45, 2.75) is 129 Å². The summed E-state index contributed by atoms with van der Waals surface area (Å²) in [5, 5.41) is 9.18. The SMILES string of the molecule is CCCCCCCCCCCCCCCCCC(=O)OC(=O)[C@@H](N)[C@@H](C)O. The Balaban J connectivity index is 3.31. The average Bonchev–Trinajstić information content (AvgIpc) is 2.64. The van der Waals surface area contributed by atoms with Gasteiger partial charge in [0.05, 0.1) is 6.10 Å². The second kappa shape index (κ2) is 18.4. The normalized spacial score (nSPS) is 13.3. The third-order valence-electron chi connectivity index (χ3n) is 4.99. The van der Waals surface area contributed by atoms with Crippen LogP contribution < -0.4 is 5.73 Å². The summed E-state index contributed by atoms with van der Waals surface area (Å²) in [6.45, 7) is 3.65. The number of hydrogen-bond acceptors (Lipinski definition) is 5. The van der Waals surface area contributed by atoms with E-state index in [-0.39, 0.29) is 6.42 Å². The van der Waals surface area contributed by atoms with E-state index in [0.717, 1.165) is 19.3 Å². The third-order valence-corrected chi connectivity index (χ3v) is 4.99. The number of aliphatic hydroxyl groups is 1. The quantitative estimate of drug-likeness (QED) is 0.196. The lowest BCUT2D eigenvalue weighted by Crippen LogP contribution is -2.42. The van der Waals surface area contributed by atoms with Gasteiger partial charge < -0.3 is 15.6 Å². The predicted molar refractivity (Wildman–Crippen MR) is 110 cm³/mol. The van der Waals surface area contributed by atoms with E-state index in [4.69, 9.17) is 5.73 Å². The zero-order chi connectivity index (χ0) is 20.3. The van der Waals surface area contributed by atoms with Crippen molar-refractivity contribution in [2.75, 3.05) is 0 Å². The van der Waals surface area contributed by atoms with Crippen molar-refractivity contribution in [1.29, 1.82) is 0 Å². The molecule has 0 aliphatic rings. The number of nitrogens with two attached hydrogens (primary N) is 1. The van der Waals surface area contributed by atoms with Crippen LogP contribution in [0.2, 0.25) is 0 Å². The molecule has 5 nitrogen and oxygen atoms in total. The van der Waals surface area contributed by atoms with Crippen molar-refractivity contribution in [3.05, 3.63) is 0 Å². The molecule has 0 saturated heterocycles. The fourth-order valence-corrected chi connectivity index (χ4v) is 3.07. The van der Waals surface area contributed by atoms with Crippen LogP contribution in [0.15, 0.2) is 0 Å². The maximum atomic E-state index is 11.5. The van der Waals surface area contributed by atoms with E-state index in [1.807, 2.05) is 0 Å². The van der Waals surface area contributed by atoms with Gasteiger partial charge in [-0.25, -0.2) is 4.79 Å². The van der Waals surface area contributed by atoms with Crippen molar-refractivity contribution in [3.8, 4) is 0 Å². The van der Waals surface area contributed by atoms with E-state index < -0.39 is 24.1 Å². The van der Waals surface area contributed by atoms with Crippen LogP contribution in [0.4, 0.5) is 0 Å². The first-order valence-corrected chi connectivity index (χ1v) is 11.2. The Morgan fingerprint density at radius 2 is 1.15 bits per heavy atom. The zero-order valence-electron chi connectivity index (χ0n) is 17.7. The van der Waals surface area contributed by atoms with E-state index in [1.165, 1.54) is 84.0 Å². The molecule has 0 rings (SSSR count). The minimum absolute atomic E-state index is 0.233. The number of rotatable bonds is 18. The highest BCUT2D eigenvalue weighted by Gasteiger charge is 2.22. The molecule has 0 spiro atoms. The van der Waals surface area contributed by atoms with E-state index >= 15 is 0 Å². The van der Waals surface area contributed by atoms with E-state index in [1.54, 1.807) is 0 Å². The maximum absolute atomic E-state index is 11.5. The summed E-state index contributed by atoms with van der Waals surface area (Å²) < 4.78 is 4.63. The van der Waals surface area contributed by atoms with Crippen LogP contribution in [0.5, 0.6) is 0 Å². The molecule has 0 radical (unpaired) electrons. The van der Waals surface area contributed by atoms with Gasteiger partial charge >= 0.3 is 11.9 Å². The van der Waals surface area contributed by atoms with Crippen LogP contribution in [-0.2, 0) is 14.3 Å². The number of aliphatic hydroxyl groups excluding tert-OH is 1. The lowest BCUT2D eigenvalue weighted by atomic mass is 10.0.